The van der Waals surface area contributed by atoms with E-state index in [0.29, 0.717) is 52.2 Å². The zero-order valence-electron chi connectivity index (χ0n) is 23.4. The van der Waals surface area contributed by atoms with Crippen molar-refractivity contribution in [3.05, 3.63) is 59.7 Å². The van der Waals surface area contributed by atoms with Gasteiger partial charge in [-0.05, 0) is 55.9 Å². The van der Waals surface area contributed by atoms with E-state index in [2.05, 4.69) is 41.7 Å². The van der Waals surface area contributed by atoms with Crippen molar-refractivity contribution in [1.82, 2.24) is 10.2 Å². The fraction of sp³-hybridized carbons (Fsp3) is 0.548. The number of fused-ring (bicyclic) bond motifs is 3. The number of ether oxygens (including phenoxy) is 4. The van der Waals surface area contributed by atoms with Crippen molar-refractivity contribution >= 4 is 12.1 Å². The van der Waals surface area contributed by atoms with Gasteiger partial charge in [-0.25, -0.2) is 4.79 Å². The lowest BCUT2D eigenvalue weighted by Gasteiger charge is -2.32. The second kappa shape index (κ2) is 13.9. The number of esters is 1. The molecular weight excluding hydrogens is 496 g/mol. The summed E-state index contributed by atoms with van der Waals surface area (Å²) in [5.74, 6) is -0.173. The highest BCUT2D eigenvalue weighted by atomic mass is 16.6. The SMILES string of the molecule is CC(C)(C)OC(=O)CCOCCOCCNC1CCN(C(=O)OCC2c3ccccc3-c3ccccc32)CC1. The topological polar surface area (TPSA) is 86.3 Å². The summed E-state index contributed by atoms with van der Waals surface area (Å²) in [4.78, 5) is 26.3. The van der Waals surface area contributed by atoms with Crippen molar-refractivity contribution in [2.45, 2.75) is 57.6 Å². The van der Waals surface area contributed by atoms with Gasteiger partial charge in [0.15, 0.2) is 0 Å². The van der Waals surface area contributed by atoms with Crippen LogP contribution < -0.4 is 5.32 Å². The molecule has 2 aliphatic rings. The predicted molar refractivity (Wildman–Crippen MR) is 150 cm³/mol. The average Bonchev–Trinajstić information content (AvgIpc) is 3.24. The monoisotopic (exact) mass is 538 g/mol. The van der Waals surface area contributed by atoms with E-state index in [1.807, 2.05) is 37.8 Å². The number of nitrogens with zero attached hydrogens (tertiary/aromatic N) is 1. The van der Waals surface area contributed by atoms with Crippen LogP contribution in [0.2, 0.25) is 0 Å². The van der Waals surface area contributed by atoms with Gasteiger partial charge in [-0.1, -0.05) is 48.5 Å². The van der Waals surface area contributed by atoms with Gasteiger partial charge in [-0.2, -0.15) is 0 Å². The Morgan fingerprint density at radius 3 is 2.08 bits per heavy atom. The number of piperidine rings is 1. The molecule has 2 aromatic carbocycles. The zero-order chi connectivity index (χ0) is 27.7. The lowest BCUT2D eigenvalue weighted by Crippen LogP contribution is -2.46. The third kappa shape index (κ3) is 8.52. The molecular formula is C31H42N2O6. The molecule has 0 bridgehead atoms. The molecule has 212 valence electrons. The van der Waals surface area contributed by atoms with Gasteiger partial charge in [0.25, 0.3) is 0 Å². The highest BCUT2D eigenvalue weighted by molar-refractivity contribution is 5.79. The van der Waals surface area contributed by atoms with Crippen molar-refractivity contribution in [2.75, 3.05) is 52.7 Å². The number of likely N-dealkylation sites (tertiary alicyclic amines) is 1. The van der Waals surface area contributed by atoms with Crippen LogP contribution >= 0.6 is 0 Å². The molecule has 0 saturated carbocycles. The number of nitrogens with one attached hydrogen (secondary N) is 1. The molecule has 4 rings (SSSR count). The molecule has 0 unspecified atom stereocenters. The van der Waals surface area contributed by atoms with Crippen LogP contribution in [0.1, 0.15) is 57.1 Å². The normalized spacial score (nSPS) is 15.6. The second-order valence-corrected chi connectivity index (χ2v) is 11.1. The Morgan fingerprint density at radius 1 is 0.872 bits per heavy atom. The summed E-state index contributed by atoms with van der Waals surface area (Å²) in [6.07, 6.45) is 1.79. The number of rotatable bonds is 12. The van der Waals surface area contributed by atoms with E-state index in [1.165, 1.54) is 22.3 Å². The number of carbonyl (C=O) groups excluding carboxylic acids is 2. The van der Waals surface area contributed by atoms with Crippen LogP contribution in [0.5, 0.6) is 0 Å². The first-order chi connectivity index (χ1) is 18.8. The third-order valence-electron chi connectivity index (χ3n) is 7.01. The molecule has 1 heterocycles. The third-order valence-corrected chi connectivity index (χ3v) is 7.01. The second-order valence-electron chi connectivity index (χ2n) is 11.1. The molecule has 8 nitrogen and oxygen atoms in total. The predicted octanol–water partition coefficient (Wildman–Crippen LogP) is 4.75. The summed E-state index contributed by atoms with van der Waals surface area (Å²) in [6, 6.07) is 17.1. The molecule has 2 aromatic rings. The molecule has 8 heteroatoms. The molecule has 1 aliphatic carbocycles. The number of amides is 1. The quantitative estimate of drug-likeness (QED) is 0.308. The van der Waals surface area contributed by atoms with E-state index >= 15 is 0 Å². The van der Waals surface area contributed by atoms with Crippen molar-refractivity contribution in [1.29, 1.82) is 0 Å². The largest absolute Gasteiger partial charge is 0.460 e. The Morgan fingerprint density at radius 2 is 1.46 bits per heavy atom. The average molecular weight is 539 g/mol. The molecule has 39 heavy (non-hydrogen) atoms. The van der Waals surface area contributed by atoms with E-state index < -0.39 is 5.60 Å². The first-order valence-electron chi connectivity index (χ1n) is 14.0. The fourth-order valence-corrected chi connectivity index (χ4v) is 5.16. The highest BCUT2D eigenvalue weighted by Gasteiger charge is 2.30. The van der Waals surface area contributed by atoms with E-state index in [-0.39, 0.29) is 24.4 Å². The molecule has 0 radical (unpaired) electrons. The lowest BCUT2D eigenvalue weighted by atomic mass is 9.98. The Kier molecular flexibility index (Phi) is 10.4. The Bertz CT molecular complexity index is 1040. The van der Waals surface area contributed by atoms with Crippen LogP contribution in [0.25, 0.3) is 11.1 Å². The van der Waals surface area contributed by atoms with Crippen LogP contribution in [0.3, 0.4) is 0 Å². The van der Waals surface area contributed by atoms with Crippen molar-refractivity contribution in [3.8, 4) is 11.1 Å². The Hall–Kier alpha value is -2.94. The van der Waals surface area contributed by atoms with E-state index in [0.717, 1.165) is 19.4 Å². The standard InChI is InChI=1S/C31H42N2O6/c1-31(2,3)39-29(34)14-18-36-20-21-37-19-15-32-23-12-16-33(17-13-23)30(35)38-22-28-26-10-6-4-8-24(26)25-9-5-7-11-27(25)28/h4-11,23,28,32H,12-22H2,1-3H3. The Balaban J connectivity index is 1.05. The van der Waals surface area contributed by atoms with Crippen molar-refractivity contribution in [2.24, 2.45) is 0 Å². The number of benzene rings is 2. The molecule has 1 saturated heterocycles. The summed E-state index contributed by atoms with van der Waals surface area (Å²) in [5.41, 5.74) is 4.45. The van der Waals surface area contributed by atoms with E-state index in [1.54, 1.807) is 0 Å². The van der Waals surface area contributed by atoms with Gasteiger partial charge in [0, 0.05) is 31.6 Å². The molecule has 1 fully saturated rings. The summed E-state index contributed by atoms with van der Waals surface area (Å²) in [7, 11) is 0. The summed E-state index contributed by atoms with van der Waals surface area (Å²) < 4.78 is 22.1. The van der Waals surface area contributed by atoms with Gasteiger partial charge in [0.1, 0.15) is 12.2 Å². The van der Waals surface area contributed by atoms with Crippen LogP contribution in [0.15, 0.2) is 48.5 Å². The van der Waals surface area contributed by atoms with E-state index in [4.69, 9.17) is 18.9 Å². The molecule has 1 N–H and O–H groups in total. The van der Waals surface area contributed by atoms with Crippen LogP contribution in [-0.2, 0) is 23.7 Å². The minimum atomic E-state index is -0.469. The smallest absolute Gasteiger partial charge is 0.409 e. The Labute approximate surface area is 231 Å². The fourth-order valence-electron chi connectivity index (χ4n) is 5.16. The molecule has 0 spiro atoms. The summed E-state index contributed by atoms with van der Waals surface area (Å²) in [6.45, 7) is 9.85. The number of hydrogen-bond donors (Lipinski definition) is 1. The lowest BCUT2D eigenvalue weighted by molar-refractivity contribution is -0.156. The maximum atomic E-state index is 12.8. The summed E-state index contributed by atoms with van der Waals surface area (Å²) in [5, 5.41) is 3.51. The number of hydrogen-bond acceptors (Lipinski definition) is 7. The molecule has 1 amide bonds. The number of carbonyl (C=O) groups is 2. The van der Waals surface area contributed by atoms with Gasteiger partial charge in [0.2, 0.25) is 0 Å². The zero-order valence-corrected chi connectivity index (χ0v) is 23.4. The van der Waals surface area contributed by atoms with Crippen LogP contribution in [0, 0.1) is 0 Å². The van der Waals surface area contributed by atoms with E-state index in [9.17, 15) is 9.59 Å². The van der Waals surface area contributed by atoms with Crippen LogP contribution in [0.4, 0.5) is 4.79 Å². The minimum Gasteiger partial charge on any atom is -0.460 e. The molecule has 0 aromatic heterocycles. The van der Waals surface area contributed by atoms with Gasteiger partial charge in [-0.3, -0.25) is 4.79 Å². The van der Waals surface area contributed by atoms with Crippen molar-refractivity contribution in [3.63, 3.8) is 0 Å². The van der Waals surface area contributed by atoms with Crippen LogP contribution in [-0.4, -0.2) is 81.3 Å². The van der Waals surface area contributed by atoms with Crippen molar-refractivity contribution < 1.29 is 28.5 Å². The van der Waals surface area contributed by atoms with Gasteiger partial charge in [0.05, 0.1) is 32.8 Å². The maximum absolute atomic E-state index is 12.8. The highest BCUT2D eigenvalue weighted by Crippen LogP contribution is 2.44. The maximum Gasteiger partial charge on any atom is 0.409 e. The minimum absolute atomic E-state index is 0.0796. The summed E-state index contributed by atoms with van der Waals surface area (Å²) >= 11 is 0. The van der Waals surface area contributed by atoms with Gasteiger partial charge >= 0.3 is 12.1 Å². The first kappa shape index (κ1) is 29.1. The van der Waals surface area contributed by atoms with Gasteiger partial charge < -0.3 is 29.2 Å². The molecule has 1 aliphatic heterocycles. The molecule has 0 atom stereocenters. The van der Waals surface area contributed by atoms with Gasteiger partial charge in [-0.15, -0.1) is 0 Å². The first-order valence-corrected chi connectivity index (χ1v) is 14.0.